The lowest BCUT2D eigenvalue weighted by atomic mass is 10.1. The number of nitrogens with one attached hydrogen (secondary N) is 2. The summed E-state index contributed by atoms with van der Waals surface area (Å²) in [4.78, 5) is 36.9. The molecule has 8 heteroatoms. The molecule has 1 aromatic carbocycles. The fourth-order valence-corrected chi connectivity index (χ4v) is 2.49. The first-order chi connectivity index (χ1) is 10.8. The molecule has 0 radical (unpaired) electrons. The van der Waals surface area contributed by atoms with Crippen molar-refractivity contribution in [2.24, 2.45) is 5.92 Å². The van der Waals surface area contributed by atoms with Gasteiger partial charge in [-0.2, -0.15) is 0 Å². The number of methoxy groups -OCH3 is 1. The third-order valence-electron chi connectivity index (χ3n) is 3.46. The van der Waals surface area contributed by atoms with E-state index in [9.17, 15) is 14.4 Å². The zero-order valence-corrected chi connectivity index (χ0v) is 13.8. The van der Waals surface area contributed by atoms with Crippen molar-refractivity contribution in [1.82, 2.24) is 10.2 Å². The van der Waals surface area contributed by atoms with Gasteiger partial charge < -0.3 is 15.4 Å². The number of rotatable bonds is 5. The summed E-state index contributed by atoms with van der Waals surface area (Å²) < 4.78 is 5.02. The number of benzene rings is 1. The van der Waals surface area contributed by atoms with E-state index in [1.54, 1.807) is 12.1 Å². The highest BCUT2D eigenvalue weighted by Crippen LogP contribution is 2.27. The van der Waals surface area contributed by atoms with E-state index >= 15 is 0 Å². The van der Waals surface area contributed by atoms with Crippen molar-refractivity contribution >= 4 is 35.1 Å². The molecule has 2 N–H and O–H groups in total. The number of hydrogen-bond acceptors (Lipinski definition) is 4. The molecule has 7 nitrogen and oxygen atoms in total. The Labute approximate surface area is 138 Å². The van der Waals surface area contributed by atoms with Gasteiger partial charge in [0.1, 0.15) is 18.3 Å². The van der Waals surface area contributed by atoms with E-state index in [1.807, 2.05) is 13.8 Å². The first-order valence-corrected chi connectivity index (χ1v) is 7.46. The van der Waals surface area contributed by atoms with Crippen LogP contribution in [0.3, 0.4) is 0 Å². The van der Waals surface area contributed by atoms with Crippen LogP contribution in [0.5, 0.6) is 5.75 Å². The van der Waals surface area contributed by atoms with E-state index in [-0.39, 0.29) is 12.5 Å². The molecular formula is C15H18ClN3O4. The molecule has 0 spiro atoms. The molecule has 1 aliphatic heterocycles. The van der Waals surface area contributed by atoms with Crippen LogP contribution in [0, 0.1) is 5.92 Å². The maximum atomic E-state index is 12.1. The van der Waals surface area contributed by atoms with Gasteiger partial charge in [0.25, 0.3) is 5.91 Å². The van der Waals surface area contributed by atoms with Crippen LogP contribution in [-0.2, 0) is 9.59 Å². The second kappa shape index (κ2) is 6.87. The average Bonchev–Trinajstić information content (AvgIpc) is 2.75. The largest absolute Gasteiger partial charge is 0.495 e. The summed E-state index contributed by atoms with van der Waals surface area (Å²) in [5, 5.41) is 5.51. The second-order valence-corrected chi connectivity index (χ2v) is 5.90. The Bertz CT molecular complexity index is 648. The third kappa shape index (κ3) is 3.73. The molecule has 0 saturated carbocycles. The summed E-state index contributed by atoms with van der Waals surface area (Å²) >= 11 is 5.98. The van der Waals surface area contributed by atoms with Gasteiger partial charge in [0, 0.05) is 5.69 Å². The smallest absolute Gasteiger partial charge is 0.325 e. The number of urea groups is 1. The molecule has 1 aromatic rings. The first-order valence-electron chi connectivity index (χ1n) is 7.08. The molecule has 1 fully saturated rings. The second-order valence-electron chi connectivity index (χ2n) is 5.49. The van der Waals surface area contributed by atoms with Gasteiger partial charge >= 0.3 is 6.03 Å². The summed E-state index contributed by atoms with van der Waals surface area (Å²) in [7, 11) is 1.49. The molecule has 0 aliphatic carbocycles. The lowest BCUT2D eigenvalue weighted by Gasteiger charge is -2.14. The Morgan fingerprint density at radius 2 is 2.13 bits per heavy atom. The normalized spacial score (nSPS) is 17.4. The Morgan fingerprint density at radius 3 is 2.65 bits per heavy atom. The fraction of sp³-hybridized carbons (Fsp3) is 0.400. The number of hydrogen-bond donors (Lipinski definition) is 2. The molecule has 0 unspecified atom stereocenters. The highest BCUT2D eigenvalue weighted by atomic mass is 35.5. The van der Waals surface area contributed by atoms with E-state index in [2.05, 4.69) is 10.6 Å². The fourth-order valence-electron chi connectivity index (χ4n) is 2.23. The number of carbonyl (C=O) groups is 3. The molecule has 1 saturated heterocycles. The maximum absolute atomic E-state index is 12.1. The molecule has 4 amide bonds. The van der Waals surface area contributed by atoms with Crippen molar-refractivity contribution in [3.8, 4) is 5.75 Å². The van der Waals surface area contributed by atoms with Gasteiger partial charge in [-0.1, -0.05) is 25.4 Å². The molecule has 1 atom stereocenters. The van der Waals surface area contributed by atoms with Crippen LogP contribution in [0.1, 0.15) is 13.8 Å². The summed E-state index contributed by atoms with van der Waals surface area (Å²) in [5.74, 6) is -0.439. The van der Waals surface area contributed by atoms with Gasteiger partial charge in [0.05, 0.1) is 12.1 Å². The van der Waals surface area contributed by atoms with Gasteiger partial charge in [-0.15, -0.1) is 0 Å². The molecule has 0 aromatic heterocycles. The van der Waals surface area contributed by atoms with E-state index in [0.717, 1.165) is 4.90 Å². The van der Waals surface area contributed by atoms with Crippen molar-refractivity contribution < 1.29 is 19.1 Å². The summed E-state index contributed by atoms with van der Waals surface area (Å²) in [6.45, 7) is 3.30. The molecule has 0 bridgehead atoms. The van der Waals surface area contributed by atoms with E-state index in [0.29, 0.717) is 16.5 Å². The molecule has 124 valence electrons. The number of amides is 4. The van der Waals surface area contributed by atoms with Crippen molar-refractivity contribution in [1.29, 1.82) is 0 Å². The number of ether oxygens (including phenoxy) is 1. The standard InChI is InChI=1S/C15H18ClN3O4/c1-8(2)13-14(21)19(15(22)18-13)7-12(20)17-9-4-5-11(23-3)10(16)6-9/h4-6,8,13H,7H2,1-3H3,(H,17,20)(H,18,22)/t13-/m1/s1. The third-order valence-corrected chi connectivity index (χ3v) is 3.76. The first kappa shape index (κ1) is 17.1. The summed E-state index contributed by atoms with van der Waals surface area (Å²) in [5.41, 5.74) is 0.452. The molecule has 23 heavy (non-hydrogen) atoms. The number of halogens is 1. The van der Waals surface area contributed by atoms with Crippen LogP contribution in [0.25, 0.3) is 0 Å². The van der Waals surface area contributed by atoms with Gasteiger partial charge in [0.15, 0.2) is 0 Å². The Morgan fingerprint density at radius 1 is 1.43 bits per heavy atom. The SMILES string of the molecule is COc1ccc(NC(=O)CN2C(=O)N[C@H](C(C)C)C2=O)cc1Cl. The van der Waals surface area contributed by atoms with E-state index in [4.69, 9.17) is 16.3 Å². The molecule has 1 aliphatic rings. The Kier molecular flexibility index (Phi) is 5.10. The minimum absolute atomic E-state index is 0.0418. The van der Waals surface area contributed by atoms with Crippen LogP contribution >= 0.6 is 11.6 Å². The van der Waals surface area contributed by atoms with Gasteiger partial charge in [-0.05, 0) is 24.1 Å². The highest BCUT2D eigenvalue weighted by molar-refractivity contribution is 6.32. The van der Waals surface area contributed by atoms with E-state index < -0.39 is 23.9 Å². The monoisotopic (exact) mass is 339 g/mol. The lowest BCUT2D eigenvalue weighted by Crippen LogP contribution is -2.39. The van der Waals surface area contributed by atoms with Crippen LogP contribution in [0.15, 0.2) is 18.2 Å². The van der Waals surface area contributed by atoms with Crippen LogP contribution in [0.4, 0.5) is 10.5 Å². The highest BCUT2D eigenvalue weighted by Gasteiger charge is 2.40. The number of carbonyl (C=O) groups excluding carboxylic acids is 3. The van der Waals surface area contributed by atoms with Crippen LogP contribution in [-0.4, -0.2) is 42.4 Å². The van der Waals surface area contributed by atoms with Crippen molar-refractivity contribution in [2.45, 2.75) is 19.9 Å². The topological polar surface area (TPSA) is 87.7 Å². The number of imide groups is 1. The Balaban J connectivity index is 2.01. The predicted octanol–water partition coefficient (Wildman–Crippen LogP) is 1.86. The minimum atomic E-state index is -0.592. The quantitative estimate of drug-likeness (QED) is 0.801. The number of anilines is 1. The van der Waals surface area contributed by atoms with Gasteiger partial charge in [0.2, 0.25) is 5.91 Å². The predicted molar refractivity (Wildman–Crippen MR) is 85.5 cm³/mol. The van der Waals surface area contributed by atoms with Gasteiger partial charge in [-0.3, -0.25) is 14.5 Å². The molecular weight excluding hydrogens is 322 g/mol. The molecule has 1 heterocycles. The van der Waals surface area contributed by atoms with Crippen molar-refractivity contribution in [2.75, 3.05) is 19.0 Å². The van der Waals surface area contributed by atoms with Gasteiger partial charge in [-0.25, -0.2) is 4.79 Å². The molecule has 2 rings (SSSR count). The average molecular weight is 340 g/mol. The summed E-state index contributed by atoms with van der Waals surface area (Å²) in [6, 6.07) is 3.61. The zero-order chi connectivity index (χ0) is 17.1. The van der Waals surface area contributed by atoms with Crippen molar-refractivity contribution in [3.63, 3.8) is 0 Å². The van der Waals surface area contributed by atoms with Crippen LogP contribution in [0.2, 0.25) is 5.02 Å². The summed E-state index contributed by atoms with van der Waals surface area (Å²) in [6.07, 6.45) is 0. The Hall–Kier alpha value is -2.28. The number of nitrogens with zero attached hydrogens (tertiary/aromatic N) is 1. The van der Waals surface area contributed by atoms with Crippen LogP contribution < -0.4 is 15.4 Å². The van der Waals surface area contributed by atoms with Crippen molar-refractivity contribution in [3.05, 3.63) is 23.2 Å². The van der Waals surface area contributed by atoms with E-state index in [1.165, 1.54) is 13.2 Å². The minimum Gasteiger partial charge on any atom is -0.495 e. The maximum Gasteiger partial charge on any atom is 0.325 e. The lowest BCUT2D eigenvalue weighted by molar-refractivity contribution is -0.131. The zero-order valence-electron chi connectivity index (χ0n) is 13.1.